The molecule has 1 saturated heterocycles. The molecule has 1 fully saturated rings. The summed E-state index contributed by atoms with van der Waals surface area (Å²) in [7, 11) is 0. The van der Waals surface area contributed by atoms with Crippen LogP contribution < -0.4 is 5.32 Å². The average molecular weight is 410 g/mol. The van der Waals surface area contributed by atoms with E-state index < -0.39 is 29.0 Å². The van der Waals surface area contributed by atoms with Crippen molar-refractivity contribution in [1.29, 1.82) is 0 Å². The van der Waals surface area contributed by atoms with Crippen molar-refractivity contribution in [2.24, 2.45) is 0 Å². The van der Waals surface area contributed by atoms with Crippen molar-refractivity contribution >= 4 is 22.0 Å². The van der Waals surface area contributed by atoms with Gasteiger partial charge in [0, 0.05) is 10.9 Å². The Labute approximate surface area is 146 Å². The van der Waals surface area contributed by atoms with E-state index in [9.17, 15) is 18.0 Å². The molecular formula is C16H19BrF3NO3. The molecule has 1 amide bonds. The normalized spacial score (nSPS) is 17.1. The SMILES string of the molecule is CC(C)(C)OC(=O)NC1(Cc2cc(C(F)(F)F)ccc2Br)COC1. The summed E-state index contributed by atoms with van der Waals surface area (Å²) in [6.45, 7) is 5.64. The molecule has 0 saturated carbocycles. The van der Waals surface area contributed by atoms with Gasteiger partial charge in [0.2, 0.25) is 0 Å². The van der Waals surface area contributed by atoms with E-state index >= 15 is 0 Å². The highest BCUT2D eigenvalue weighted by molar-refractivity contribution is 9.10. The Morgan fingerprint density at radius 3 is 2.42 bits per heavy atom. The Balaban J connectivity index is 2.17. The molecule has 0 spiro atoms. The summed E-state index contributed by atoms with van der Waals surface area (Å²) in [5.74, 6) is 0. The molecule has 1 heterocycles. The van der Waals surface area contributed by atoms with Crippen LogP contribution in [0.1, 0.15) is 31.9 Å². The number of halogens is 4. The van der Waals surface area contributed by atoms with Crippen molar-refractivity contribution in [3.63, 3.8) is 0 Å². The monoisotopic (exact) mass is 409 g/mol. The van der Waals surface area contributed by atoms with Crippen LogP contribution in [0.5, 0.6) is 0 Å². The molecule has 1 N–H and O–H groups in total. The molecule has 1 aliphatic rings. The molecule has 24 heavy (non-hydrogen) atoms. The summed E-state index contributed by atoms with van der Waals surface area (Å²) < 4.78 is 49.6. The third-order valence-corrected chi connectivity index (χ3v) is 4.20. The summed E-state index contributed by atoms with van der Waals surface area (Å²) in [5.41, 5.74) is -1.71. The molecule has 0 radical (unpaired) electrons. The van der Waals surface area contributed by atoms with Crippen molar-refractivity contribution in [3.05, 3.63) is 33.8 Å². The lowest BCUT2D eigenvalue weighted by atomic mass is 9.88. The molecule has 0 bridgehead atoms. The van der Waals surface area contributed by atoms with Gasteiger partial charge < -0.3 is 14.8 Å². The standard InChI is InChI=1S/C16H19BrF3NO3/c1-14(2,3)24-13(22)21-15(8-23-9-15)7-10-6-11(16(18,19)20)4-5-12(10)17/h4-6H,7-9H2,1-3H3,(H,21,22). The molecule has 0 aromatic heterocycles. The molecule has 0 unspecified atom stereocenters. The highest BCUT2D eigenvalue weighted by atomic mass is 79.9. The largest absolute Gasteiger partial charge is 0.444 e. The van der Waals surface area contributed by atoms with E-state index in [2.05, 4.69) is 21.2 Å². The highest BCUT2D eigenvalue weighted by Crippen LogP contribution is 2.34. The van der Waals surface area contributed by atoms with E-state index in [0.717, 1.165) is 12.1 Å². The molecule has 2 rings (SSSR count). The lowest BCUT2D eigenvalue weighted by Crippen LogP contribution is -2.64. The predicted molar refractivity (Wildman–Crippen MR) is 85.8 cm³/mol. The van der Waals surface area contributed by atoms with Crippen LogP contribution in [0.15, 0.2) is 22.7 Å². The van der Waals surface area contributed by atoms with Crippen LogP contribution in [-0.4, -0.2) is 30.4 Å². The van der Waals surface area contributed by atoms with Gasteiger partial charge in [-0.2, -0.15) is 13.2 Å². The van der Waals surface area contributed by atoms with Crippen molar-refractivity contribution in [1.82, 2.24) is 5.32 Å². The number of rotatable bonds is 3. The maximum atomic E-state index is 12.9. The Bertz CT molecular complexity index is 622. The van der Waals surface area contributed by atoms with Crippen molar-refractivity contribution in [2.75, 3.05) is 13.2 Å². The number of amides is 1. The summed E-state index contributed by atoms with van der Waals surface area (Å²) in [6, 6.07) is 3.46. The Morgan fingerprint density at radius 1 is 1.33 bits per heavy atom. The first-order valence-corrected chi connectivity index (χ1v) is 8.14. The summed E-state index contributed by atoms with van der Waals surface area (Å²) in [6.07, 6.45) is -4.83. The smallest absolute Gasteiger partial charge is 0.416 e. The topological polar surface area (TPSA) is 47.6 Å². The van der Waals surface area contributed by atoms with Crippen molar-refractivity contribution in [3.8, 4) is 0 Å². The van der Waals surface area contributed by atoms with E-state index in [1.54, 1.807) is 20.8 Å². The summed E-state index contributed by atoms with van der Waals surface area (Å²) in [5, 5.41) is 2.73. The molecular weight excluding hydrogens is 391 g/mol. The lowest BCUT2D eigenvalue weighted by Gasteiger charge is -2.42. The fourth-order valence-electron chi connectivity index (χ4n) is 2.34. The van der Waals surface area contributed by atoms with Gasteiger partial charge in [0.15, 0.2) is 0 Å². The molecule has 0 atom stereocenters. The number of benzene rings is 1. The number of carbonyl (C=O) groups is 1. The summed E-state index contributed by atoms with van der Waals surface area (Å²) in [4.78, 5) is 12.0. The lowest BCUT2D eigenvalue weighted by molar-refractivity contribution is -0.137. The molecule has 4 nitrogen and oxygen atoms in total. The fraction of sp³-hybridized carbons (Fsp3) is 0.562. The third kappa shape index (κ3) is 4.86. The number of nitrogens with one attached hydrogen (secondary N) is 1. The van der Waals surface area contributed by atoms with Gasteiger partial charge in [-0.15, -0.1) is 0 Å². The van der Waals surface area contributed by atoms with Gasteiger partial charge in [0.25, 0.3) is 0 Å². The predicted octanol–water partition coefficient (Wildman–Crippen LogP) is 4.30. The number of alkyl carbamates (subject to hydrolysis) is 1. The minimum absolute atomic E-state index is 0.205. The van der Waals surface area contributed by atoms with Crippen LogP contribution in [0.2, 0.25) is 0 Å². The Kier molecular flexibility index (Phi) is 5.20. The number of alkyl halides is 3. The first-order chi connectivity index (χ1) is 10.9. The van der Waals surface area contributed by atoms with Crippen LogP contribution >= 0.6 is 15.9 Å². The number of carbonyl (C=O) groups excluding carboxylic acids is 1. The molecule has 0 aliphatic carbocycles. The molecule has 134 valence electrons. The maximum absolute atomic E-state index is 12.9. The first kappa shape index (κ1) is 19.1. The third-order valence-electron chi connectivity index (χ3n) is 3.42. The molecule has 1 aromatic carbocycles. The van der Waals surface area contributed by atoms with Gasteiger partial charge in [0.1, 0.15) is 5.60 Å². The van der Waals surface area contributed by atoms with Gasteiger partial charge >= 0.3 is 12.3 Å². The van der Waals surface area contributed by atoms with Crippen LogP contribution in [-0.2, 0) is 22.1 Å². The van der Waals surface area contributed by atoms with Gasteiger partial charge in [-0.05, 0) is 44.5 Å². The molecule has 8 heteroatoms. The average Bonchev–Trinajstić information content (AvgIpc) is 2.34. The second-order valence-corrected chi connectivity index (χ2v) is 7.74. The minimum Gasteiger partial charge on any atom is -0.444 e. The van der Waals surface area contributed by atoms with E-state index in [4.69, 9.17) is 9.47 Å². The Morgan fingerprint density at radius 2 is 1.96 bits per heavy atom. The zero-order valence-electron chi connectivity index (χ0n) is 13.6. The zero-order valence-corrected chi connectivity index (χ0v) is 15.2. The summed E-state index contributed by atoms with van der Waals surface area (Å²) >= 11 is 3.27. The van der Waals surface area contributed by atoms with Crippen LogP contribution in [0.3, 0.4) is 0 Å². The van der Waals surface area contributed by atoms with Gasteiger partial charge in [-0.3, -0.25) is 0 Å². The van der Waals surface area contributed by atoms with E-state index in [-0.39, 0.29) is 19.6 Å². The second kappa shape index (κ2) is 6.55. The van der Waals surface area contributed by atoms with Gasteiger partial charge in [-0.25, -0.2) is 4.79 Å². The quantitative estimate of drug-likeness (QED) is 0.809. The van der Waals surface area contributed by atoms with Crippen molar-refractivity contribution < 1.29 is 27.4 Å². The fourth-order valence-corrected chi connectivity index (χ4v) is 2.72. The van der Waals surface area contributed by atoms with Gasteiger partial charge in [-0.1, -0.05) is 15.9 Å². The van der Waals surface area contributed by atoms with Crippen LogP contribution in [0.25, 0.3) is 0 Å². The highest BCUT2D eigenvalue weighted by Gasteiger charge is 2.42. The number of hydrogen-bond donors (Lipinski definition) is 1. The van der Waals surface area contributed by atoms with E-state index in [0.29, 0.717) is 10.0 Å². The number of ether oxygens (including phenoxy) is 2. The second-order valence-electron chi connectivity index (χ2n) is 6.88. The zero-order chi connectivity index (χ0) is 18.2. The molecule has 1 aliphatic heterocycles. The first-order valence-electron chi connectivity index (χ1n) is 7.35. The van der Waals surface area contributed by atoms with Crippen LogP contribution in [0.4, 0.5) is 18.0 Å². The van der Waals surface area contributed by atoms with E-state index in [1.807, 2.05) is 0 Å². The van der Waals surface area contributed by atoms with Crippen molar-refractivity contribution in [2.45, 2.75) is 44.5 Å². The number of hydrogen-bond acceptors (Lipinski definition) is 3. The van der Waals surface area contributed by atoms with E-state index in [1.165, 1.54) is 6.07 Å². The Hall–Kier alpha value is -1.28. The maximum Gasteiger partial charge on any atom is 0.416 e. The minimum atomic E-state index is -4.42. The van der Waals surface area contributed by atoms with Crippen LogP contribution in [0, 0.1) is 0 Å². The molecule has 1 aromatic rings. The van der Waals surface area contributed by atoms with Gasteiger partial charge in [0.05, 0.1) is 24.3 Å².